The molecule has 1 N–H and O–H groups in total. The Balaban J connectivity index is 2.84. The van der Waals surface area contributed by atoms with Gasteiger partial charge in [0.25, 0.3) is 0 Å². The van der Waals surface area contributed by atoms with Crippen LogP contribution in [0, 0.1) is 0 Å². The molecule has 0 fully saturated rings. The number of hydrogen-bond donors (Lipinski definition) is 1. The first-order valence-electron chi connectivity index (χ1n) is 3.50. The minimum absolute atomic E-state index is 0.0393. The summed E-state index contributed by atoms with van der Waals surface area (Å²) in [5.74, 6) is 0.0393. The van der Waals surface area contributed by atoms with Crippen LogP contribution in [-0.2, 0) is 9.53 Å². The van der Waals surface area contributed by atoms with Gasteiger partial charge in [0.2, 0.25) is 5.91 Å². The molecule has 3 nitrogen and oxygen atoms in total. The second-order valence-electron chi connectivity index (χ2n) is 2.18. The van der Waals surface area contributed by atoms with Crippen LogP contribution >= 0.6 is 0 Å². The van der Waals surface area contributed by atoms with Gasteiger partial charge >= 0.3 is 0 Å². The molecule has 0 aromatic heterocycles. The Morgan fingerprint density at radius 2 is 2.20 bits per heavy atom. The number of rotatable bonds is 5. The van der Waals surface area contributed by atoms with Crippen molar-refractivity contribution in [3.63, 3.8) is 0 Å². The van der Waals surface area contributed by atoms with E-state index in [4.69, 9.17) is 4.74 Å². The molecule has 0 aliphatic rings. The van der Waals surface area contributed by atoms with Crippen molar-refractivity contribution < 1.29 is 9.53 Å². The Bertz CT molecular complexity index is 93.6. The number of carbonyl (C=O) groups is 1. The van der Waals surface area contributed by atoms with E-state index in [0.29, 0.717) is 0 Å². The molecule has 1 amide bonds. The summed E-state index contributed by atoms with van der Waals surface area (Å²) < 4.78 is 4.84. The van der Waals surface area contributed by atoms with E-state index in [2.05, 4.69) is 5.32 Å². The zero-order chi connectivity index (χ0) is 7.82. The predicted octanol–water partition coefficient (Wildman–Crippen LogP) is 0.549. The molecule has 60 valence electrons. The lowest BCUT2D eigenvalue weighted by Gasteiger charge is -2.00. The van der Waals surface area contributed by atoms with Gasteiger partial charge in [-0.1, -0.05) is 0 Å². The van der Waals surface area contributed by atoms with Crippen LogP contribution in [0.2, 0.25) is 0 Å². The molecule has 0 atom stereocenters. The predicted molar refractivity (Wildman–Crippen MR) is 39.8 cm³/mol. The van der Waals surface area contributed by atoms with Crippen LogP contribution in [0.3, 0.4) is 0 Å². The van der Waals surface area contributed by atoms with Gasteiger partial charge in [0, 0.05) is 27.2 Å². The molecule has 0 saturated carbocycles. The number of carbonyl (C=O) groups excluding carboxylic acids is 1. The Morgan fingerprint density at radius 3 is 2.70 bits per heavy atom. The number of ether oxygens (including phenoxy) is 1. The normalized spacial score (nSPS) is 9.40. The van der Waals surface area contributed by atoms with E-state index in [1.165, 1.54) is 6.92 Å². The van der Waals surface area contributed by atoms with Crippen LogP contribution in [0.15, 0.2) is 0 Å². The summed E-state index contributed by atoms with van der Waals surface area (Å²) in [6.45, 7) is 3.06. The number of amides is 1. The first kappa shape index (κ1) is 9.43. The molecule has 10 heavy (non-hydrogen) atoms. The summed E-state index contributed by atoms with van der Waals surface area (Å²) >= 11 is 0. The van der Waals surface area contributed by atoms with Gasteiger partial charge in [0.05, 0.1) is 0 Å². The number of nitrogens with one attached hydrogen (secondary N) is 1. The van der Waals surface area contributed by atoms with Gasteiger partial charge in [0.15, 0.2) is 0 Å². The van der Waals surface area contributed by atoms with Gasteiger partial charge in [-0.15, -0.1) is 0 Å². The van der Waals surface area contributed by atoms with Gasteiger partial charge in [-0.2, -0.15) is 0 Å². The molecule has 0 spiro atoms. The number of unbranched alkanes of at least 4 members (excludes halogenated alkanes) is 1. The molecule has 0 aromatic carbocycles. The van der Waals surface area contributed by atoms with Gasteiger partial charge in [-0.05, 0) is 12.8 Å². The van der Waals surface area contributed by atoms with Crippen molar-refractivity contribution in [3.8, 4) is 0 Å². The highest BCUT2D eigenvalue weighted by Gasteiger charge is 1.89. The highest BCUT2D eigenvalue weighted by Crippen LogP contribution is 1.85. The molecular formula is C7H15NO2. The second kappa shape index (κ2) is 6.55. The third-order valence-corrected chi connectivity index (χ3v) is 1.15. The van der Waals surface area contributed by atoms with Crippen molar-refractivity contribution >= 4 is 5.91 Å². The Labute approximate surface area is 61.8 Å². The van der Waals surface area contributed by atoms with Crippen LogP contribution in [0.25, 0.3) is 0 Å². The van der Waals surface area contributed by atoms with Gasteiger partial charge in [-0.3, -0.25) is 4.79 Å². The molecule has 0 aromatic rings. The molecule has 0 aliphatic carbocycles. The largest absolute Gasteiger partial charge is 0.385 e. The maximum absolute atomic E-state index is 10.3. The fourth-order valence-electron chi connectivity index (χ4n) is 0.636. The quantitative estimate of drug-likeness (QED) is 0.574. The van der Waals surface area contributed by atoms with Crippen molar-refractivity contribution in [3.05, 3.63) is 0 Å². The highest BCUT2D eigenvalue weighted by atomic mass is 16.5. The molecule has 0 bridgehead atoms. The summed E-state index contributed by atoms with van der Waals surface area (Å²) in [5.41, 5.74) is 0. The lowest BCUT2D eigenvalue weighted by Crippen LogP contribution is -2.20. The molecule has 0 heterocycles. The SMILES string of the molecule is COCCCCNC(C)=O. The third-order valence-electron chi connectivity index (χ3n) is 1.15. The molecule has 0 radical (unpaired) electrons. The molecule has 3 heteroatoms. The lowest BCUT2D eigenvalue weighted by molar-refractivity contribution is -0.118. The van der Waals surface area contributed by atoms with Crippen LogP contribution in [0.4, 0.5) is 0 Å². The minimum Gasteiger partial charge on any atom is -0.385 e. The maximum Gasteiger partial charge on any atom is 0.216 e. The van der Waals surface area contributed by atoms with E-state index in [1.54, 1.807) is 7.11 Å². The van der Waals surface area contributed by atoms with E-state index in [9.17, 15) is 4.79 Å². The van der Waals surface area contributed by atoms with E-state index in [0.717, 1.165) is 26.0 Å². The van der Waals surface area contributed by atoms with Gasteiger partial charge < -0.3 is 10.1 Å². The van der Waals surface area contributed by atoms with Gasteiger partial charge in [-0.25, -0.2) is 0 Å². The van der Waals surface area contributed by atoms with E-state index in [1.807, 2.05) is 0 Å². The summed E-state index contributed by atoms with van der Waals surface area (Å²) in [5, 5.41) is 2.71. The van der Waals surface area contributed by atoms with E-state index in [-0.39, 0.29) is 5.91 Å². The van der Waals surface area contributed by atoms with Gasteiger partial charge in [0.1, 0.15) is 0 Å². The van der Waals surface area contributed by atoms with Crippen molar-refractivity contribution in [2.24, 2.45) is 0 Å². The van der Waals surface area contributed by atoms with E-state index < -0.39 is 0 Å². The van der Waals surface area contributed by atoms with Crippen molar-refractivity contribution in [1.82, 2.24) is 5.32 Å². The first-order chi connectivity index (χ1) is 4.77. The summed E-state index contributed by atoms with van der Waals surface area (Å²) in [4.78, 5) is 10.3. The first-order valence-corrected chi connectivity index (χ1v) is 3.50. The third kappa shape index (κ3) is 7.43. The van der Waals surface area contributed by atoms with Crippen molar-refractivity contribution in [2.45, 2.75) is 19.8 Å². The molecule has 0 unspecified atom stereocenters. The van der Waals surface area contributed by atoms with Crippen molar-refractivity contribution in [2.75, 3.05) is 20.3 Å². The maximum atomic E-state index is 10.3. The zero-order valence-corrected chi connectivity index (χ0v) is 6.64. The summed E-state index contributed by atoms with van der Waals surface area (Å²) in [6.07, 6.45) is 2.00. The molecular weight excluding hydrogens is 130 g/mol. The van der Waals surface area contributed by atoms with Crippen LogP contribution < -0.4 is 5.32 Å². The average molecular weight is 145 g/mol. The van der Waals surface area contributed by atoms with Crippen molar-refractivity contribution in [1.29, 1.82) is 0 Å². The average Bonchev–Trinajstić information content (AvgIpc) is 1.87. The Morgan fingerprint density at radius 1 is 1.50 bits per heavy atom. The van der Waals surface area contributed by atoms with Crippen LogP contribution in [-0.4, -0.2) is 26.2 Å². The lowest BCUT2D eigenvalue weighted by atomic mass is 10.3. The van der Waals surface area contributed by atoms with Crippen LogP contribution in [0.1, 0.15) is 19.8 Å². The monoisotopic (exact) mass is 145 g/mol. The standard InChI is InChI=1S/C7H15NO2/c1-7(9)8-5-3-4-6-10-2/h3-6H2,1-2H3,(H,8,9). The smallest absolute Gasteiger partial charge is 0.216 e. The Hall–Kier alpha value is -0.570. The Kier molecular flexibility index (Phi) is 6.18. The fraction of sp³-hybridized carbons (Fsp3) is 0.857. The minimum atomic E-state index is 0.0393. The molecule has 0 aliphatic heterocycles. The molecule has 0 rings (SSSR count). The highest BCUT2D eigenvalue weighted by molar-refractivity contribution is 5.72. The van der Waals surface area contributed by atoms with Crippen LogP contribution in [0.5, 0.6) is 0 Å². The zero-order valence-electron chi connectivity index (χ0n) is 6.64. The summed E-state index contributed by atoms with van der Waals surface area (Å²) in [7, 11) is 1.68. The topological polar surface area (TPSA) is 38.3 Å². The second-order valence-corrected chi connectivity index (χ2v) is 2.18. The summed E-state index contributed by atoms with van der Waals surface area (Å²) in [6, 6.07) is 0. The molecule has 0 saturated heterocycles. The fourth-order valence-corrected chi connectivity index (χ4v) is 0.636. The van der Waals surface area contributed by atoms with E-state index >= 15 is 0 Å². The number of hydrogen-bond acceptors (Lipinski definition) is 2. The number of methoxy groups -OCH3 is 1.